The third-order valence-corrected chi connectivity index (χ3v) is 6.90. The molecule has 2 saturated carbocycles. The van der Waals surface area contributed by atoms with Crippen molar-refractivity contribution >= 4 is 5.91 Å². The monoisotopic (exact) mass is 341 g/mol. The van der Waals surface area contributed by atoms with Crippen molar-refractivity contribution in [2.75, 3.05) is 13.1 Å². The van der Waals surface area contributed by atoms with Gasteiger partial charge in [0.25, 0.3) is 0 Å². The van der Waals surface area contributed by atoms with E-state index in [0.29, 0.717) is 24.2 Å². The van der Waals surface area contributed by atoms with Gasteiger partial charge in [-0.1, -0.05) is 29.8 Å². The molecule has 0 aromatic heterocycles. The third-order valence-electron chi connectivity index (χ3n) is 6.90. The molecule has 3 fully saturated rings. The molecular formula is C22H31NO2. The molecule has 1 aromatic carbocycles. The molecule has 2 aliphatic carbocycles. The van der Waals surface area contributed by atoms with Crippen molar-refractivity contribution in [2.45, 2.75) is 64.4 Å². The minimum Gasteiger partial charge on any atom is -0.390 e. The van der Waals surface area contributed by atoms with Crippen LogP contribution in [0.25, 0.3) is 0 Å². The van der Waals surface area contributed by atoms with Crippen molar-refractivity contribution < 1.29 is 9.90 Å². The second-order valence-corrected chi connectivity index (χ2v) is 9.43. The van der Waals surface area contributed by atoms with Gasteiger partial charge in [0.15, 0.2) is 0 Å². The number of likely N-dealkylation sites (tertiary alicyclic amines) is 1. The summed E-state index contributed by atoms with van der Waals surface area (Å²) >= 11 is 0. The highest BCUT2D eigenvalue weighted by Gasteiger charge is 2.51. The number of amides is 1. The molecule has 1 amide bonds. The number of carbonyl (C=O) groups excluding carboxylic acids is 1. The Hall–Kier alpha value is -1.35. The normalized spacial score (nSPS) is 31.5. The highest BCUT2D eigenvalue weighted by atomic mass is 16.3. The second-order valence-electron chi connectivity index (χ2n) is 9.43. The number of benzene rings is 1. The van der Waals surface area contributed by atoms with Crippen molar-refractivity contribution in [3.63, 3.8) is 0 Å². The molecule has 0 atom stereocenters. The summed E-state index contributed by atoms with van der Waals surface area (Å²) in [5.74, 6) is 1.17. The van der Waals surface area contributed by atoms with Crippen molar-refractivity contribution in [3.8, 4) is 0 Å². The maximum atomic E-state index is 12.5. The number of aliphatic hydroxyl groups is 1. The fourth-order valence-electron chi connectivity index (χ4n) is 5.22. The number of aryl methyl sites for hydroxylation is 1. The van der Waals surface area contributed by atoms with Crippen molar-refractivity contribution in [3.05, 3.63) is 35.4 Å². The molecule has 3 nitrogen and oxygen atoms in total. The lowest BCUT2D eigenvalue weighted by Crippen LogP contribution is -2.62. The summed E-state index contributed by atoms with van der Waals surface area (Å²) in [6.07, 6.45) is 7.64. The van der Waals surface area contributed by atoms with Gasteiger partial charge < -0.3 is 10.0 Å². The first-order valence-electron chi connectivity index (χ1n) is 9.91. The Balaban J connectivity index is 1.23. The second kappa shape index (κ2) is 6.12. The summed E-state index contributed by atoms with van der Waals surface area (Å²) < 4.78 is 0. The molecule has 3 aliphatic rings. The van der Waals surface area contributed by atoms with Crippen LogP contribution in [0.4, 0.5) is 0 Å². The van der Waals surface area contributed by atoms with E-state index in [0.717, 1.165) is 19.0 Å². The van der Waals surface area contributed by atoms with Crippen LogP contribution in [0.5, 0.6) is 0 Å². The topological polar surface area (TPSA) is 40.5 Å². The van der Waals surface area contributed by atoms with E-state index in [1.54, 1.807) is 0 Å². The average molecular weight is 341 g/mol. The molecule has 0 bridgehead atoms. The van der Waals surface area contributed by atoms with Gasteiger partial charge in [-0.05, 0) is 70.3 Å². The van der Waals surface area contributed by atoms with Crippen LogP contribution < -0.4 is 0 Å². The fourth-order valence-corrected chi connectivity index (χ4v) is 5.22. The Kier molecular flexibility index (Phi) is 4.18. The maximum absolute atomic E-state index is 12.5. The van der Waals surface area contributed by atoms with Crippen LogP contribution in [0.15, 0.2) is 24.3 Å². The lowest BCUT2D eigenvalue weighted by molar-refractivity contribution is -0.163. The summed E-state index contributed by atoms with van der Waals surface area (Å²) in [6.45, 7) is 5.90. The average Bonchev–Trinajstić information content (AvgIpc) is 2.53. The minimum absolute atomic E-state index is 0.0743. The predicted octanol–water partition coefficient (Wildman–Crippen LogP) is 3.72. The largest absolute Gasteiger partial charge is 0.390 e. The summed E-state index contributed by atoms with van der Waals surface area (Å²) in [5.41, 5.74) is 2.61. The fraction of sp³-hybridized carbons (Fsp3) is 0.682. The van der Waals surface area contributed by atoms with Crippen LogP contribution in [0.3, 0.4) is 0 Å². The summed E-state index contributed by atoms with van der Waals surface area (Å²) in [4.78, 5) is 14.5. The van der Waals surface area contributed by atoms with Gasteiger partial charge in [-0.3, -0.25) is 4.79 Å². The van der Waals surface area contributed by atoms with Gasteiger partial charge in [-0.2, -0.15) is 0 Å². The van der Waals surface area contributed by atoms with Gasteiger partial charge in [-0.25, -0.2) is 0 Å². The zero-order chi connectivity index (χ0) is 17.7. The Labute approximate surface area is 151 Å². The number of carbonyl (C=O) groups is 1. The first-order valence-corrected chi connectivity index (χ1v) is 9.91. The molecule has 3 heteroatoms. The van der Waals surface area contributed by atoms with Gasteiger partial charge in [-0.15, -0.1) is 0 Å². The van der Waals surface area contributed by atoms with Crippen LogP contribution in [-0.4, -0.2) is 34.6 Å². The van der Waals surface area contributed by atoms with Gasteiger partial charge >= 0.3 is 0 Å². The van der Waals surface area contributed by atoms with Gasteiger partial charge in [0.05, 0.1) is 5.60 Å². The molecule has 25 heavy (non-hydrogen) atoms. The van der Waals surface area contributed by atoms with Crippen molar-refractivity contribution in [1.82, 2.24) is 4.90 Å². The molecule has 1 spiro atoms. The molecule has 0 unspecified atom stereocenters. The van der Waals surface area contributed by atoms with Crippen molar-refractivity contribution in [2.24, 2.45) is 17.3 Å². The Morgan fingerprint density at radius 2 is 1.76 bits per heavy atom. The van der Waals surface area contributed by atoms with E-state index in [1.165, 1.54) is 43.2 Å². The summed E-state index contributed by atoms with van der Waals surface area (Å²) in [5, 5.41) is 9.84. The number of hydrogen-bond donors (Lipinski definition) is 1. The first kappa shape index (κ1) is 17.1. The molecule has 0 radical (unpaired) electrons. The van der Waals surface area contributed by atoms with E-state index in [2.05, 4.69) is 36.1 Å². The third kappa shape index (κ3) is 3.48. The van der Waals surface area contributed by atoms with E-state index >= 15 is 0 Å². The molecule has 1 aromatic rings. The van der Waals surface area contributed by atoms with Crippen molar-refractivity contribution in [1.29, 1.82) is 0 Å². The highest BCUT2D eigenvalue weighted by Crippen LogP contribution is 2.48. The molecule has 1 saturated heterocycles. The minimum atomic E-state index is -0.600. The Morgan fingerprint density at radius 1 is 1.16 bits per heavy atom. The SMILES string of the molecule is Cc1ccc(CC2CCC3(CC2)CN(C(=O)[C@H]2C[C@@](C)(O)C2)C3)cc1. The van der Waals surface area contributed by atoms with E-state index in [9.17, 15) is 9.90 Å². The molecule has 136 valence electrons. The maximum Gasteiger partial charge on any atom is 0.225 e. The molecular weight excluding hydrogens is 310 g/mol. The van der Waals surface area contributed by atoms with Crippen LogP contribution in [-0.2, 0) is 11.2 Å². The quantitative estimate of drug-likeness (QED) is 0.910. The lowest BCUT2D eigenvalue weighted by Gasteiger charge is -2.55. The summed E-state index contributed by atoms with van der Waals surface area (Å²) in [6, 6.07) is 8.98. The van der Waals surface area contributed by atoms with Gasteiger partial charge in [0.1, 0.15) is 0 Å². The zero-order valence-corrected chi connectivity index (χ0v) is 15.6. The number of hydrogen-bond acceptors (Lipinski definition) is 2. The Morgan fingerprint density at radius 3 is 2.32 bits per heavy atom. The van der Waals surface area contributed by atoms with Gasteiger partial charge in [0, 0.05) is 24.4 Å². The molecule has 1 N–H and O–H groups in total. The number of nitrogens with zero attached hydrogens (tertiary/aromatic N) is 1. The van der Waals surface area contributed by atoms with E-state index < -0.39 is 5.60 Å². The standard InChI is InChI=1S/C22H31NO2/c1-16-3-5-17(6-4-16)11-18-7-9-22(10-8-18)14-23(15-22)20(24)19-12-21(2,25)13-19/h3-6,18-19,25H,7-15H2,1-2H3/t19-,21+. The van der Waals surface area contributed by atoms with Crippen LogP contribution in [0, 0.1) is 24.2 Å². The lowest BCUT2D eigenvalue weighted by atomic mass is 9.64. The first-order chi connectivity index (χ1) is 11.8. The summed E-state index contributed by atoms with van der Waals surface area (Å²) in [7, 11) is 0. The molecule has 4 rings (SSSR count). The van der Waals surface area contributed by atoms with E-state index in [-0.39, 0.29) is 5.92 Å². The Bertz CT molecular complexity index is 624. The van der Waals surface area contributed by atoms with E-state index in [4.69, 9.17) is 0 Å². The van der Waals surface area contributed by atoms with E-state index in [1.807, 2.05) is 6.92 Å². The molecule has 1 heterocycles. The number of rotatable bonds is 3. The smallest absolute Gasteiger partial charge is 0.225 e. The highest BCUT2D eigenvalue weighted by molar-refractivity contribution is 5.81. The predicted molar refractivity (Wildman–Crippen MR) is 99.2 cm³/mol. The molecule has 1 aliphatic heterocycles. The van der Waals surface area contributed by atoms with Crippen LogP contribution in [0.1, 0.15) is 56.6 Å². The van der Waals surface area contributed by atoms with Crippen LogP contribution >= 0.6 is 0 Å². The van der Waals surface area contributed by atoms with Crippen LogP contribution in [0.2, 0.25) is 0 Å². The van der Waals surface area contributed by atoms with Gasteiger partial charge in [0.2, 0.25) is 5.91 Å². The zero-order valence-electron chi connectivity index (χ0n) is 15.6.